The van der Waals surface area contributed by atoms with E-state index in [4.69, 9.17) is 0 Å². The molecule has 5 nitrogen and oxygen atoms in total. The number of anilines is 1. The van der Waals surface area contributed by atoms with Crippen molar-refractivity contribution < 1.29 is 4.79 Å². The quantitative estimate of drug-likeness (QED) is 0.660. The molecular formula is C20H22N4OS. The fraction of sp³-hybridized carbons (Fsp3) is 0.250. The van der Waals surface area contributed by atoms with Gasteiger partial charge in [0.1, 0.15) is 0 Å². The predicted molar refractivity (Wildman–Crippen MR) is 106 cm³/mol. The van der Waals surface area contributed by atoms with Crippen LogP contribution in [0.4, 0.5) is 5.69 Å². The summed E-state index contributed by atoms with van der Waals surface area (Å²) < 4.78 is 1.91. The van der Waals surface area contributed by atoms with Crippen molar-refractivity contribution in [2.75, 3.05) is 11.1 Å². The topological polar surface area (TPSA) is 59.8 Å². The van der Waals surface area contributed by atoms with Crippen LogP contribution in [0.25, 0.3) is 11.4 Å². The smallest absolute Gasteiger partial charge is 0.234 e. The van der Waals surface area contributed by atoms with Gasteiger partial charge in [-0.2, -0.15) is 0 Å². The van der Waals surface area contributed by atoms with Gasteiger partial charge >= 0.3 is 0 Å². The van der Waals surface area contributed by atoms with Gasteiger partial charge in [-0.1, -0.05) is 68.1 Å². The lowest BCUT2D eigenvalue weighted by Gasteiger charge is -2.08. The van der Waals surface area contributed by atoms with Crippen LogP contribution in [0.3, 0.4) is 0 Å². The Morgan fingerprint density at radius 2 is 1.77 bits per heavy atom. The molecule has 0 aliphatic rings. The maximum Gasteiger partial charge on any atom is 0.234 e. The highest BCUT2D eigenvalue weighted by Gasteiger charge is 2.13. The summed E-state index contributed by atoms with van der Waals surface area (Å²) in [7, 11) is 1.91. The monoisotopic (exact) mass is 366 g/mol. The molecule has 2 aromatic carbocycles. The summed E-state index contributed by atoms with van der Waals surface area (Å²) >= 11 is 1.38. The third-order valence-electron chi connectivity index (χ3n) is 4.06. The summed E-state index contributed by atoms with van der Waals surface area (Å²) in [4.78, 5) is 12.2. The molecule has 0 aliphatic heterocycles. The molecule has 1 aromatic heterocycles. The minimum atomic E-state index is -0.0587. The number of thioether (sulfide) groups is 1. The van der Waals surface area contributed by atoms with Gasteiger partial charge in [-0.3, -0.25) is 4.79 Å². The van der Waals surface area contributed by atoms with Crippen LogP contribution in [-0.2, 0) is 11.8 Å². The van der Waals surface area contributed by atoms with Crippen LogP contribution >= 0.6 is 11.8 Å². The molecular weight excluding hydrogens is 344 g/mol. The Bertz CT molecular complexity index is 873. The van der Waals surface area contributed by atoms with Gasteiger partial charge in [0.05, 0.1) is 5.75 Å². The molecule has 0 unspecified atom stereocenters. The van der Waals surface area contributed by atoms with Crippen molar-refractivity contribution in [2.24, 2.45) is 7.05 Å². The zero-order valence-electron chi connectivity index (χ0n) is 15.1. The van der Waals surface area contributed by atoms with Crippen LogP contribution in [0.15, 0.2) is 59.8 Å². The summed E-state index contributed by atoms with van der Waals surface area (Å²) in [5.41, 5.74) is 3.07. The van der Waals surface area contributed by atoms with Gasteiger partial charge in [0.2, 0.25) is 5.91 Å². The first-order valence-corrected chi connectivity index (χ1v) is 9.50. The average molecular weight is 366 g/mol. The Morgan fingerprint density at radius 1 is 1.08 bits per heavy atom. The number of rotatable bonds is 6. The lowest BCUT2D eigenvalue weighted by molar-refractivity contribution is -0.113. The van der Waals surface area contributed by atoms with Gasteiger partial charge in [0, 0.05) is 18.3 Å². The fourth-order valence-electron chi connectivity index (χ4n) is 2.56. The van der Waals surface area contributed by atoms with Crippen molar-refractivity contribution in [3.8, 4) is 11.4 Å². The predicted octanol–water partition coefficient (Wildman–Crippen LogP) is 4.34. The Balaban J connectivity index is 1.59. The summed E-state index contributed by atoms with van der Waals surface area (Å²) in [5, 5.41) is 12.1. The minimum absolute atomic E-state index is 0.0587. The Morgan fingerprint density at radius 3 is 2.42 bits per heavy atom. The molecule has 1 heterocycles. The van der Waals surface area contributed by atoms with E-state index in [1.54, 1.807) is 0 Å². The van der Waals surface area contributed by atoms with Crippen LogP contribution in [0.1, 0.15) is 25.3 Å². The Hall–Kier alpha value is -2.60. The van der Waals surface area contributed by atoms with Crippen molar-refractivity contribution >= 4 is 23.4 Å². The lowest BCUT2D eigenvalue weighted by Crippen LogP contribution is -2.14. The maximum atomic E-state index is 12.2. The van der Waals surface area contributed by atoms with Gasteiger partial charge in [-0.05, 0) is 23.6 Å². The van der Waals surface area contributed by atoms with E-state index in [1.807, 2.05) is 66.2 Å². The number of aromatic nitrogens is 3. The second kappa shape index (κ2) is 8.19. The fourth-order valence-corrected chi connectivity index (χ4v) is 3.27. The summed E-state index contributed by atoms with van der Waals surface area (Å²) in [6.07, 6.45) is 0. The Labute approximate surface area is 157 Å². The molecule has 0 aliphatic carbocycles. The first-order valence-electron chi connectivity index (χ1n) is 8.52. The van der Waals surface area contributed by atoms with Crippen molar-refractivity contribution in [3.63, 3.8) is 0 Å². The third-order valence-corrected chi connectivity index (χ3v) is 5.08. The van der Waals surface area contributed by atoms with E-state index in [2.05, 4.69) is 29.4 Å². The van der Waals surface area contributed by atoms with Crippen molar-refractivity contribution in [1.29, 1.82) is 0 Å². The lowest BCUT2D eigenvalue weighted by atomic mass is 10.0. The van der Waals surface area contributed by atoms with Gasteiger partial charge in [0.25, 0.3) is 0 Å². The van der Waals surface area contributed by atoms with Crippen molar-refractivity contribution in [1.82, 2.24) is 14.8 Å². The summed E-state index contributed by atoms with van der Waals surface area (Å²) in [6.45, 7) is 4.30. The van der Waals surface area contributed by atoms with E-state index in [9.17, 15) is 4.79 Å². The Kier molecular flexibility index (Phi) is 5.73. The molecule has 0 fully saturated rings. The van der Waals surface area contributed by atoms with E-state index in [0.717, 1.165) is 17.1 Å². The largest absolute Gasteiger partial charge is 0.325 e. The van der Waals surface area contributed by atoms with Gasteiger partial charge in [-0.15, -0.1) is 10.2 Å². The number of carbonyl (C=O) groups is 1. The number of nitrogens with zero attached hydrogens (tertiary/aromatic N) is 3. The van der Waals surface area contributed by atoms with Gasteiger partial charge in [0.15, 0.2) is 11.0 Å². The zero-order valence-corrected chi connectivity index (χ0v) is 16.0. The number of amides is 1. The second-order valence-electron chi connectivity index (χ2n) is 6.34. The highest BCUT2D eigenvalue weighted by Crippen LogP contribution is 2.23. The van der Waals surface area contributed by atoms with Crippen LogP contribution in [0.2, 0.25) is 0 Å². The minimum Gasteiger partial charge on any atom is -0.325 e. The molecule has 0 atom stereocenters. The van der Waals surface area contributed by atoms with Crippen LogP contribution < -0.4 is 5.32 Å². The molecule has 26 heavy (non-hydrogen) atoms. The molecule has 134 valence electrons. The number of hydrogen-bond acceptors (Lipinski definition) is 4. The third kappa shape index (κ3) is 4.32. The van der Waals surface area contributed by atoms with E-state index in [-0.39, 0.29) is 11.7 Å². The molecule has 6 heteroatoms. The molecule has 1 amide bonds. The van der Waals surface area contributed by atoms with Gasteiger partial charge in [-0.25, -0.2) is 0 Å². The first kappa shape index (κ1) is 18.2. The molecule has 0 spiro atoms. The molecule has 0 saturated carbocycles. The molecule has 0 saturated heterocycles. The second-order valence-corrected chi connectivity index (χ2v) is 7.29. The number of hydrogen-bond donors (Lipinski definition) is 1. The highest BCUT2D eigenvalue weighted by molar-refractivity contribution is 7.99. The molecule has 3 rings (SSSR count). The standard InChI is InChI=1S/C20H22N4OS/c1-14(2)15-9-11-17(12-10-15)21-18(25)13-26-20-23-22-19(24(20)3)16-7-5-4-6-8-16/h4-12,14H,13H2,1-3H3,(H,21,25). The first-order chi connectivity index (χ1) is 12.5. The van der Waals surface area contributed by atoms with Crippen LogP contribution in [0.5, 0.6) is 0 Å². The summed E-state index contributed by atoms with van der Waals surface area (Å²) in [6, 6.07) is 17.8. The van der Waals surface area contributed by atoms with Crippen LogP contribution in [-0.4, -0.2) is 26.4 Å². The maximum absolute atomic E-state index is 12.2. The average Bonchev–Trinajstić information content (AvgIpc) is 3.02. The molecule has 3 aromatic rings. The summed E-state index contributed by atoms with van der Waals surface area (Å²) in [5.74, 6) is 1.49. The molecule has 0 radical (unpaired) electrons. The van der Waals surface area contributed by atoms with E-state index in [0.29, 0.717) is 11.1 Å². The highest BCUT2D eigenvalue weighted by atomic mass is 32.2. The van der Waals surface area contributed by atoms with E-state index in [1.165, 1.54) is 17.3 Å². The number of benzene rings is 2. The number of nitrogens with one attached hydrogen (secondary N) is 1. The molecule has 1 N–H and O–H groups in total. The number of carbonyl (C=O) groups excluding carboxylic acids is 1. The van der Waals surface area contributed by atoms with Crippen LogP contribution in [0, 0.1) is 0 Å². The van der Waals surface area contributed by atoms with Crippen molar-refractivity contribution in [3.05, 3.63) is 60.2 Å². The van der Waals surface area contributed by atoms with E-state index < -0.39 is 0 Å². The van der Waals surface area contributed by atoms with E-state index >= 15 is 0 Å². The van der Waals surface area contributed by atoms with Crippen molar-refractivity contribution in [2.45, 2.75) is 24.9 Å². The zero-order chi connectivity index (χ0) is 18.5. The molecule has 0 bridgehead atoms. The van der Waals surface area contributed by atoms with Gasteiger partial charge < -0.3 is 9.88 Å². The normalized spacial score (nSPS) is 10.9. The SMILES string of the molecule is CC(C)c1ccc(NC(=O)CSc2nnc(-c3ccccc3)n2C)cc1.